The predicted octanol–water partition coefficient (Wildman–Crippen LogP) is 6.47. The molecule has 0 aliphatic carbocycles. The number of hydrogen-bond donors (Lipinski definition) is 0. The van der Waals surface area contributed by atoms with E-state index in [1.807, 2.05) is 56.5 Å². The number of amides is 1. The van der Waals surface area contributed by atoms with Gasteiger partial charge in [-0.3, -0.25) is 9.69 Å². The number of hydrogen-bond acceptors (Lipinski definition) is 7. The van der Waals surface area contributed by atoms with Crippen LogP contribution in [0.4, 0.5) is 5.69 Å². The summed E-state index contributed by atoms with van der Waals surface area (Å²) in [6, 6.07) is 18.6. The van der Waals surface area contributed by atoms with E-state index in [1.54, 1.807) is 49.2 Å². The van der Waals surface area contributed by atoms with E-state index in [9.17, 15) is 9.59 Å². The van der Waals surface area contributed by atoms with Gasteiger partial charge in [0, 0.05) is 23.6 Å². The molecule has 0 atom stereocenters. The van der Waals surface area contributed by atoms with Crippen molar-refractivity contribution >= 4 is 52.3 Å². The van der Waals surface area contributed by atoms with Crippen molar-refractivity contribution in [3.8, 4) is 11.3 Å². The van der Waals surface area contributed by atoms with Crippen molar-refractivity contribution in [3.63, 3.8) is 0 Å². The minimum atomic E-state index is -0.378. The van der Waals surface area contributed by atoms with Gasteiger partial charge >= 0.3 is 5.97 Å². The van der Waals surface area contributed by atoms with E-state index in [4.69, 9.17) is 9.15 Å². The molecule has 0 unspecified atom stereocenters. The highest BCUT2D eigenvalue weighted by atomic mass is 32.2. The van der Waals surface area contributed by atoms with E-state index in [1.165, 1.54) is 16.7 Å². The standard InChI is InChI=1S/C26H24N2O4S2/c1-16(2)31-25(30)18-8-5-7-17(13-18)22-12-11-20(32-22)15-23-24(29)28(3)26(34-23)27-19-9-6-10-21(14-19)33-4/h5-16H,1-4H3/b23-15+,27-26?. The first-order valence-electron chi connectivity index (χ1n) is 10.7. The number of carbonyl (C=O) groups excluding carboxylic acids is 2. The first-order valence-corrected chi connectivity index (χ1v) is 12.7. The SMILES string of the molecule is CSc1cccc(N=C2S/C(=C/c3ccc(-c4cccc(C(=O)OC(C)C)c4)o3)C(=O)N2C)c1. The number of carbonyl (C=O) groups is 2. The zero-order chi connectivity index (χ0) is 24.2. The molecule has 6 nitrogen and oxygen atoms in total. The largest absolute Gasteiger partial charge is 0.459 e. The highest BCUT2D eigenvalue weighted by molar-refractivity contribution is 8.18. The second-order valence-electron chi connectivity index (χ2n) is 7.81. The smallest absolute Gasteiger partial charge is 0.338 e. The van der Waals surface area contributed by atoms with Gasteiger partial charge in [-0.1, -0.05) is 18.2 Å². The maximum absolute atomic E-state index is 12.8. The number of benzene rings is 2. The van der Waals surface area contributed by atoms with Crippen molar-refractivity contribution in [1.29, 1.82) is 0 Å². The van der Waals surface area contributed by atoms with E-state index >= 15 is 0 Å². The molecule has 174 valence electrons. The molecule has 1 amide bonds. The van der Waals surface area contributed by atoms with Crippen LogP contribution in [-0.2, 0) is 9.53 Å². The zero-order valence-corrected chi connectivity index (χ0v) is 20.9. The van der Waals surface area contributed by atoms with Crippen LogP contribution in [0.15, 0.2) is 79.9 Å². The molecule has 4 rings (SSSR count). The topological polar surface area (TPSA) is 72.1 Å². The summed E-state index contributed by atoms with van der Waals surface area (Å²) < 4.78 is 11.2. The Morgan fingerprint density at radius 1 is 1.15 bits per heavy atom. The van der Waals surface area contributed by atoms with Crippen LogP contribution in [-0.4, -0.2) is 41.4 Å². The van der Waals surface area contributed by atoms with Crippen LogP contribution in [0.25, 0.3) is 17.4 Å². The van der Waals surface area contributed by atoms with Crippen molar-refractivity contribution in [2.24, 2.45) is 4.99 Å². The van der Waals surface area contributed by atoms with E-state index < -0.39 is 0 Å². The predicted molar refractivity (Wildman–Crippen MR) is 138 cm³/mol. The summed E-state index contributed by atoms with van der Waals surface area (Å²) in [7, 11) is 1.71. The van der Waals surface area contributed by atoms with Crippen molar-refractivity contribution in [2.45, 2.75) is 24.8 Å². The summed E-state index contributed by atoms with van der Waals surface area (Å²) in [4.78, 5) is 32.8. The van der Waals surface area contributed by atoms with Crippen LogP contribution in [0.1, 0.15) is 30.0 Å². The van der Waals surface area contributed by atoms with Crippen molar-refractivity contribution in [3.05, 3.63) is 76.9 Å². The van der Waals surface area contributed by atoms with E-state index in [0.717, 1.165) is 16.1 Å². The molecular weight excluding hydrogens is 468 g/mol. The lowest BCUT2D eigenvalue weighted by Crippen LogP contribution is -2.23. The zero-order valence-electron chi connectivity index (χ0n) is 19.3. The molecule has 2 heterocycles. The Balaban J connectivity index is 1.55. The Labute approximate surface area is 207 Å². The number of nitrogens with zero attached hydrogens (tertiary/aromatic N) is 2. The van der Waals surface area contributed by atoms with Gasteiger partial charge in [0.2, 0.25) is 0 Å². The molecule has 0 spiro atoms. The molecule has 0 radical (unpaired) electrons. The van der Waals surface area contributed by atoms with Gasteiger partial charge < -0.3 is 9.15 Å². The van der Waals surface area contributed by atoms with Gasteiger partial charge in [0.1, 0.15) is 11.5 Å². The van der Waals surface area contributed by atoms with Crippen molar-refractivity contribution in [1.82, 2.24) is 4.90 Å². The van der Waals surface area contributed by atoms with Crippen LogP contribution in [0.2, 0.25) is 0 Å². The lowest BCUT2D eigenvalue weighted by atomic mass is 10.1. The summed E-state index contributed by atoms with van der Waals surface area (Å²) in [5, 5.41) is 0.609. The molecule has 8 heteroatoms. The highest BCUT2D eigenvalue weighted by Gasteiger charge is 2.30. The Hall–Kier alpha value is -3.23. The van der Waals surface area contributed by atoms with Crippen molar-refractivity contribution < 1.29 is 18.7 Å². The highest BCUT2D eigenvalue weighted by Crippen LogP contribution is 2.34. The molecule has 3 aromatic rings. The fourth-order valence-electron chi connectivity index (χ4n) is 3.24. The van der Waals surface area contributed by atoms with Crippen LogP contribution in [0.5, 0.6) is 0 Å². The molecule has 2 aromatic carbocycles. The molecule has 1 saturated heterocycles. The first kappa shape index (κ1) is 23.9. The summed E-state index contributed by atoms with van der Waals surface area (Å²) in [6.45, 7) is 3.62. The third-order valence-corrected chi connectivity index (χ3v) is 6.69. The van der Waals surface area contributed by atoms with Gasteiger partial charge in [0.05, 0.1) is 22.3 Å². The maximum Gasteiger partial charge on any atom is 0.338 e. The number of amidine groups is 1. The molecule has 1 aromatic heterocycles. The van der Waals surface area contributed by atoms with Crippen LogP contribution < -0.4 is 0 Å². The Morgan fingerprint density at radius 3 is 2.71 bits per heavy atom. The Bertz CT molecular complexity index is 1290. The van der Waals surface area contributed by atoms with Gasteiger partial charge in [0.25, 0.3) is 5.91 Å². The fourth-order valence-corrected chi connectivity index (χ4v) is 4.66. The average Bonchev–Trinajstić information content (AvgIpc) is 3.40. The number of esters is 1. The Morgan fingerprint density at radius 2 is 1.94 bits per heavy atom. The van der Waals surface area contributed by atoms with Gasteiger partial charge in [-0.05, 0) is 74.3 Å². The minimum Gasteiger partial charge on any atom is -0.459 e. The first-order chi connectivity index (χ1) is 16.3. The molecule has 0 bridgehead atoms. The van der Waals surface area contributed by atoms with E-state index in [2.05, 4.69) is 4.99 Å². The normalized spacial score (nSPS) is 16.1. The number of likely N-dealkylation sites (N-methyl/N-ethyl adjacent to an activating group) is 1. The molecule has 1 fully saturated rings. The molecule has 1 aliphatic heterocycles. The van der Waals surface area contributed by atoms with Gasteiger partial charge in [-0.25, -0.2) is 9.79 Å². The summed E-state index contributed by atoms with van der Waals surface area (Å²) >= 11 is 2.95. The fraction of sp³-hybridized carbons (Fsp3) is 0.192. The van der Waals surface area contributed by atoms with Crippen LogP contribution >= 0.6 is 23.5 Å². The molecular formula is C26H24N2O4S2. The van der Waals surface area contributed by atoms with Crippen molar-refractivity contribution in [2.75, 3.05) is 13.3 Å². The lowest BCUT2D eigenvalue weighted by molar-refractivity contribution is -0.121. The summed E-state index contributed by atoms with van der Waals surface area (Å²) in [6.07, 6.45) is 3.53. The Kier molecular flexibility index (Phi) is 7.29. The van der Waals surface area contributed by atoms with Crippen LogP contribution in [0.3, 0.4) is 0 Å². The molecule has 34 heavy (non-hydrogen) atoms. The monoisotopic (exact) mass is 492 g/mol. The van der Waals surface area contributed by atoms with E-state index in [-0.39, 0.29) is 18.0 Å². The lowest BCUT2D eigenvalue weighted by Gasteiger charge is -2.08. The number of aliphatic imine (C=N–C) groups is 1. The number of ether oxygens (including phenoxy) is 1. The van der Waals surface area contributed by atoms with Gasteiger partial charge in [-0.2, -0.15) is 0 Å². The number of furan rings is 1. The maximum atomic E-state index is 12.8. The summed E-state index contributed by atoms with van der Waals surface area (Å²) in [5.74, 6) is 0.621. The minimum absolute atomic E-state index is 0.138. The number of thioether (sulfide) groups is 2. The quantitative estimate of drug-likeness (QED) is 0.223. The molecule has 0 saturated carbocycles. The van der Waals surface area contributed by atoms with Gasteiger partial charge in [0.15, 0.2) is 5.17 Å². The molecule has 0 N–H and O–H groups in total. The second-order valence-corrected chi connectivity index (χ2v) is 9.70. The average molecular weight is 493 g/mol. The van der Waals surface area contributed by atoms with Crippen LogP contribution in [0, 0.1) is 0 Å². The molecule has 1 aliphatic rings. The summed E-state index contributed by atoms with van der Waals surface area (Å²) in [5.41, 5.74) is 2.00. The number of rotatable bonds is 6. The van der Waals surface area contributed by atoms with Gasteiger partial charge in [-0.15, -0.1) is 11.8 Å². The second kappa shape index (κ2) is 10.4. The van der Waals surface area contributed by atoms with E-state index in [0.29, 0.717) is 27.2 Å². The third-order valence-electron chi connectivity index (χ3n) is 4.91. The third kappa shape index (κ3) is 5.46.